The van der Waals surface area contributed by atoms with E-state index in [0.29, 0.717) is 11.4 Å². The summed E-state index contributed by atoms with van der Waals surface area (Å²) in [6, 6.07) is 15.3. The van der Waals surface area contributed by atoms with E-state index in [1.54, 1.807) is 24.3 Å². The molecule has 3 rings (SSSR count). The number of nitrogens with one attached hydrogen (secondary N) is 2. The molecule has 5 heteroatoms. The summed E-state index contributed by atoms with van der Waals surface area (Å²) in [5, 5.41) is 5.75. The van der Waals surface area contributed by atoms with Crippen LogP contribution in [-0.4, -0.2) is 30.8 Å². The number of fused-ring (bicyclic) bond motifs is 1. The number of hydrogen-bond acceptors (Lipinski definition) is 3. The minimum Gasteiger partial charge on any atom is -0.326 e. The molecule has 2 N–H and O–H groups in total. The Balaban J connectivity index is 1.85. The molecule has 0 heterocycles. The van der Waals surface area contributed by atoms with Crippen LogP contribution in [0, 0.1) is 0 Å². The van der Waals surface area contributed by atoms with Gasteiger partial charge in [0.1, 0.15) is 5.54 Å². The largest absolute Gasteiger partial charge is 0.326 e. The van der Waals surface area contributed by atoms with E-state index in [1.165, 1.54) is 12.5 Å². The Labute approximate surface area is 148 Å². The van der Waals surface area contributed by atoms with Gasteiger partial charge in [0.05, 0.1) is 0 Å². The second-order valence-corrected chi connectivity index (χ2v) is 6.62. The van der Waals surface area contributed by atoms with Gasteiger partial charge in [-0.25, -0.2) is 0 Å². The fourth-order valence-corrected chi connectivity index (χ4v) is 3.57. The number of aryl methyl sites for hydroxylation is 1. The number of amides is 2. The highest BCUT2D eigenvalue weighted by Gasteiger charge is 2.47. The van der Waals surface area contributed by atoms with E-state index in [4.69, 9.17) is 0 Å². The Hall–Kier alpha value is -2.66. The van der Waals surface area contributed by atoms with Crippen LogP contribution in [0.15, 0.2) is 48.5 Å². The summed E-state index contributed by atoms with van der Waals surface area (Å²) in [6.45, 7) is 1.47. The summed E-state index contributed by atoms with van der Waals surface area (Å²) in [4.78, 5) is 26.3. The quantitative estimate of drug-likeness (QED) is 0.902. The van der Waals surface area contributed by atoms with Crippen LogP contribution < -0.4 is 10.6 Å². The molecule has 2 aromatic carbocycles. The minimum atomic E-state index is -0.660. The van der Waals surface area contributed by atoms with Gasteiger partial charge in [-0.15, -0.1) is 0 Å². The van der Waals surface area contributed by atoms with E-state index in [9.17, 15) is 9.59 Å². The second-order valence-electron chi connectivity index (χ2n) is 6.62. The molecule has 0 aliphatic heterocycles. The monoisotopic (exact) mass is 337 g/mol. The van der Waals surface area contributed by atoms with Crippen molar-refractivity contribution in [2.75, 3.05) is 24.7 Å². The summed E-state index contributed by atoms with van der Waals surface area (Å²) < 4.78 is 0. The lowest BCUT2D eigenvalue weighted by Crippen LogP contribution is -2.49. The van der Waals surface area contributed by atoms with Gasteiger partial charge in [-0.2, -0.15) is 0 Å². The number of carbonyl (C=O) groups is 2. The zero-order valence-corrected chi connectivity index (χ0v) is 14.8. The van der Waals surface area contributed by atoms with Gasteiger partial charge in [0.15, 0.2) is 0 Å². The van der Waals surface area contributed by atoms with Crippen molar-refractivity contribution in [2.45, 2.75) is 25.3 Å². The van der Waals surface area contributed by atoms with Crippen LogP contribution in [0.2, 0.25) is 0 Å². The van der Waals surface area contributed by atoms with Crippen molar-refractivity contribution < 1.29 is 9.59 Å². The fourth-order valence-electron chi connectivity index (χ4n) is 3.57. The molecule has 25 heavy (non-hydrogen) atoms. The molecule has 5 nitrogen and oxygen atoms in total. The van der Waals surface area contributed by atoms with Gasteiger partial charge in [-0.3, -0.25) is 14.5 Å². The summed E-state index contributed by atoms with van der Waals surface area (Å²) in [5.41, 5.74) is 3.07. The highest BCUT2D eigenvalue weighted by Crippen LogP contribution is 2.41. The molecule has 0 fully saturated rings. The molecule has 0 saturated heterocycles. The molecule has 2 aromatic rings. The predicted molar refractivity (Wildman–Crippen MR) is 99.5 cm³/mol. The normalized spacial score (nSPS) is 18.7. The van der Waals surface area contributed by atoms with Gasteiger partial charge >= 0.3 is 0 Å². The van der Waals surface area contributed by atoms with E-state index >= 15 is 0 Å². The second kappa shape index (κ2) is 6.69. The molecule has 1 aliphatic rings. The maximum atomic E-state index is 13.2. The zero-order valence-electron chi connectivity index (χ0n) is 14.8. The topological polar surface area (TPSA) is 61.4 Å². The van der Waals surface area contributed by atoms with Crippen molar-refractivity contribution in [3.05, 3.63) is 59.7 Å². The lowest BCUT2D eigenvalue weighted by Gasteiger charge is -2.35. The Bertz CT molecular complexity index is 799. The molecule has 0 saturated carbocycles. The number of hydrogen-bond donors (Lipinski definition) is 2. The first-order valence-electron chi connectivity index (χ1n) is 8.38. The van der Waals surface area contributed by atoms with Crippen molar-refractivity contribution in [1.29, 1.82) is 0 Å². The number of benzene rings is 2. The van der Waals surface area contributed by atoms with Crippen molar-refractivity contribution in [3.8, 4) is 0 Å². The summed E-state index contributed by atoms with van der Waals surface area (Å²) >= 11 is 0. The van der Waals surface area contributed by atoms with Crippen LogP contribution in [0.5, 0.6) is 0 Å². The summed E-state index contributed by atoms with van der Waals surface area (Å²) in [5.74, 6) is -0.152. The molecule has 1 aliphatic carbocycles. The van der Waals surface area contributed by atoms with E-state index in [0.717, 1.165) is 18.4 Å². The van der Waals surface area contributed by atoms with Crippen molar-refractivity contribution in [1.82, 2.24) is 4.90 Å². The number of likely N-dealkylation sites (N-methyl/N-ethyl adjacent to an activating group) is 1. The van der Waals surface area contributed by atoms with Crippen molar-refractivity contribution in [2.24, 2.45) is 0 Å². The van der Waals surface area contributed by atoms with Gasteiger partial charge < -0.3 is 10.6 Å². The summed E-state index contributed by atoms with van der Waals surface area (Å²) in [6.07, 6.45) is 1.65. The number of rotatable bonds is 4. The molecule has 2 amide bonds. The molecule has 0 bridgehead atoms. The molecule has 1 unspecified atom stereocenters. The molecule has 1 atom stereocenters. The first kappa shape index (κ1) is 17.2. The molecular formula is C20H23N3O2. The Kier molecular flexibility index (Phi) is 4.59. The van der Waals surface area contributed by atoms with Crippen LogP contribution >= 0.6 is 0 Å². The Morgan fingerprint density at radius 3 is 2.16 bits per heavy atom. The van der Waals surface area contributed by atoms with Crippen molar-refractivity contribution in [3.63, 3.8) is 0 Å². The highest BCUT2D eigenvalue weighted by molar-refractivity contribution is 6.00. The fraction of sp³-hybridized carbons (Fsp3) is 0.300. The Morgan fingerprint density at radius 2 is 1.56 bits per heavy atom. The number of carbonyl (C=O) groups excluding carboxylic acids is 2. The van der Waals surface area contributed by atoms with Gasteiger partial charge in [0.2, 0.25) is 11.8 Å². The predicted octanol–water partition coefficient (Wildman–Crippen LogP) is 2.99. The van der Waals surface area contributed by atoms with E-state index in [2.05, 4.69) is 16.7 Å². The van der Waals surface area contributed by atoms with Crippen LogP contribution in [0.3, 0.4) is 0 Å². The summed E-state index contributed by atoms with van der Waals surface area (Å²) in [7, 11) is 3.89. The smallest absolute Gasteiger partial charge is 0.249 e. The first-order valence-corrected chi connectivity index (χ1v) is 8.38. The van der Waals surface area contributed by atoms with Crippen LogP contribution in [0.1, 0.15) is 24.5 Å². The molecule has 0 spiro atoms. The standard InChI is InChI=1S/C20H23N3O2/c1-14(24)21-16-8-10-17(11-9-16)22-19(25)20(23(2)3)13-12-15-6-4-5-7-18(15)20/h4-11H,12-13H2,1-3H3,(H,21,24)(H,22,25). The maximum Gasteiger partial charge on any atom is 0.249 e. The molecule has 0 radical (unpaired) electrons. The van der Waals surface area contributed by atoms with Crippen LogP contribution in [0.4, 0.5) is 11.4 Å². The average molecular weight is 337 g/mol. The molecular weight excluding hydrogens is 314 g/mol. The third kappa shape index (κ3) is 3.15. The van der Waals surface area contributed by atoms with Gasteiger partial charge in [-0.1, -0.05) is 24.3 Å². The van der Waals surface area contributed by atoms with Gasteiger partial charge in [0.25, 0.3) is 0 Å². The molecule has 130 valence electrons. The number of nitrogens with zero attached hydrogens (tertiary/aromatic N) is 1. The Morgan fingerprint density at radius 1 is 0.960 bits per heavy atom. The van der Waals surface area contributed by atoms with Gasteiger partial charge in [-0.05, 0) is 62.3 Å². The van der Waals surface area contributed by atoms with E-state index < -0.39 is 5.54 Å². The first-order chi connectivity index (χ1) is 11.9. The SMILES string of the molecule is CC(=O)Nc1ccc(NC(=O)C2(N(C)C)CCc3ccccc32)cc1. The van der Waals surface area contributed by atoms with Crippen LogP contribution in [-0.2, 0) is 21.5 Å². The lowest BCUT2D eigenvalue weighted by atomic mass is 9.89. The molecule has 0 aromatic heterocycles. The third-order valence-corrected chi connectivity index (χ3v) is 4.82. The maximum absolute atomic E-state index is 13.2. The third-order valence-electron chi connectivity index (χ3n) is 4.82. The minimum absolute atomic E-state index is 0.0327. The van der Waals surface area contributed by atoms with Gasteiger partial charge in [0, 0.05) is 18.3 Å². The number of anilines is 2. The highest BCUT2D eigenvalue weighted by atomic mass is 16.2. The van der Waals surface area contributed by atoms with E-state index in [-0.39, 0.29) is 11.8 Å². The lowest BCUT2D eigenvalue weighted by molar-refractivity contribution is -0.127. The van der Waals surface area contributed by atoms with Crippen LogP contribution in [0.25, 0.3) is 0 Å². The zero-order chi connectivity index (χ0) is 18.0. The van der Waals surface area contributed by atoms with E-state index in [1.807, 2.05) is 37.2 Å². The average Bonchev–Trinajstić information content (AvgIpc) is 2.97. The van der Waals surface area contributed by atoms with Crippen molar-refractivity contribution >= 4 is 23.2 Å².